The number of hydrogen-bond acceptors (Lipinski definition) is 1. The first-order valence-electron chi connectivity index (χ1n) is 7.29. The Morgan fingerprint density at radius 1 is 0.545 bits per heavy atom. The van der Waals surface area contributed by atoms with E-state index < -0.39 is 13.8 Å². The van der Waals surface area contributed by atoms with Crippen LogP contribution >= 0.6 is 0 Å². The van der Waals surface area contributed by atoms with Crippen LogP contribution in [0.1, 0.15) is 0 Å². The van der Waals surface area contributed by atoms with Crippen LogP contribution < -0.4 is 8.92 Å². The molecule has 0 amide bonds. The van der Waals surface area contributed by atoms with Gasteiger partial charge in [-0.3, -0.25) is 0 Å². The normalized spacial score (nSPS) is 13.5. The van der Waals surface area contributed by atoms with Crippen molar-refractivity contribution in [1.82, 2.24) is 0 Å². The molecule has 4 aromatic carbocycles. The van der Waals surface area contributed by atoms with Gasteiger partial charge < -0.3 is 0 Å². The van der Waals surface area contributed by atoms with E-state index in [0.29, 0.717) is 0 Å². The Morgan fingerprint density at radius 2 is 0.909 bits per heavy atom. The standard InChI is InChI=1S/C20H12OSe/c21-22-19-11-15-7-3-1-5-13(15)9-17(19)18-10-14-6-2-4-8-16(14)12-20(18)22/h1-12H. The molecule has 0 spiro atoms. The summed E-state index contributed by atoms with van der Waals surface area (Å²) in [5.41, 5.74) is 2.30. The second-order valence-corrected chi connectivity index (χ2v) is 8.63. The van der Waals surface area contributed by atoms with Gasteiger partial charge in [-0.05, 0) is 0 Å². The number of benzene rings is 4. The molecule has 1 aliphatic heterocycles. The first-order chi connectivity index (χ1) is 10.8. The molecule has 4 aromatic rings. The summed E-state index contributed by atoms with van der Waals surface area (Å²) < 4.78 is 15.0. The van der Waals surface area contributed by atoms with E-state index in [4.69, 9.17) is 0 Å². The summed E-state index contributed by atoms with van der Waals surface area (Å²) in [6.07, 6.45) is 0. The fourth-order valence-corrected chi connectivity index (χ4v) is 6.31. The third-order valence-corrected chi connectivity index (χ3v) is 7.48. The van der Waals surface area contributed by atoms with Gasteiger partial charge in [0.1, 0.15) is 0 Å². The Balaban J connectivity index is 1.90. The monoisotopic (exact) mass is 348 g/mol. The van der Waals surface area contributed by atoms with Gasteiger partial charge in [0.15, 0.2) is 0 Å². The van der Waals surface area contributed by atoms with Gasteiger partial charge in [-0.25, -0.2) is 0 Å². The Kier molecular flexibility index (Phi) is 2.43. The molecular weight excluding hydrogens is 335 g/mol. The van der Waals surface area contributed by atoms with Crippen molar-refractivity contribution in [2.45, 2.75) is 0 Å². The van der Waals surface area contributed by atoms with Crippen LogP contribution in [0.2, 0.25) is 0 Å². The summed E-state index contributed by atoms with van der Waals surface area (Å²) in [4.78, 5) is 0. The zero-order valence-corrected chi connectivity index (χ0v) is 13.5. The van der Waals surface area contributed by atoms with Crippen molar-refractivity contribution in [1.29, 1.82) is 0 Å². The van der Waals surface area contributed by atoms with Crippen LogP contribution in [-0.2, 0) is 3.83 Å². The molecule has 0 fully saturated rings. The molecule has 5 rings (SSSR count). The Labute approximate surface area is 132 Å². The van der Waals surface area contributed by atoms with Gasteiger partial charge in [0.25, 0.3) is 0 Å². The van der Waals surface area contributed by atoms with E-state index in [1.165, 1.54) is 21.5 Å². The first-order valence-corrected chi connectivity index (χ1v) is 9.70. The van der Waals surface area contributed by atoms with Gasteiger partial charge in [0.2, 0.25) is 0 Å². The molecule has 0 atom stereocenters. The van der Waals surface area contributed by atoms with Crippen LogP contribution in [0.5, 0.6) is 0 Å². The minimum absolute atomic E-state index is 1.03. The number of hydrogen-bond donors (Lipinski definition) is 0. The molecule has 0 saturated carbocycles. The van der Waals surface area contributed by atoms with E-state index in [1.807, 2.05) is 12.1 Å². The maximum atomic E-state index is 13.0. The quantitative estimate of drug-likeness (QED) is 0.392. The molecule has 0 aromatic heterocycles. The molecule has 0 bridgehead atoms. The first kappa shape index (κ1) is 12.3. The van der Waals surface area contributed by atoms with Gasteiger partial charge in [-0.2, -0.15) is 0 Å². The molecule has 0 aliphatic carbocycles. The van der Waals surface area contributed by atoms with Crippen molar-refractivity contribution in [3.8, 4) is 11.1 Å². The summed E-state index contributed by atoms with van der Waals surface area (Å²) in [7, 11) is 0. The van der Waals surface area contributed by atoms with E-state index in [0.717, 1.165) is 20.1 Å². The molecule has 0 unspecified atom stereocenters. The van der Waals surface area contributed by atoms with E-state index in [1.54, 1.807) is 0 Å². The predicted molar refractivity (Wildman–Crippen MR) is 92.6 cm³/mol. The van der Waals surface area contributed by atoms with Crippen molar-refractivity contribution < 1.29 is 3.83 Å². The fourth-order valence-electron chi connectivity index (χ4n) is 3.29. The van der Waals surface area contributed by atoms with Crippen LogP contribution in [0.3, 0.4) is 0 Å². The molecule has 2 heteroatoms. The van der Waals surface area contributed by atoms with Gasteiger partial charge >= 0.3 is 132 Å². The van der Waals surface area contributed by atoms with Crippen molar-refractivity contribution in [2.24, 2.45) is 0 Å². The molecule has 22 heavy (non-hydrogen) atoms. The topological polar surface area (TPSA) is 17.1 Å². The van der Waals surface area contributed by atoms with Crippen molar-refractivity contribution in [3.05, 3.63) is 72.8 Å². The van der Waals surface area contributed by atoms with Crippen LogP contribution in [0, 0.1) is 0 Å². The number of fused-ring (bicyclic) bond motifs is 5. The zero-order valence-electron chi connectivity index (χ0n) is 11.7. The Hall–Kier alpha value is -2.28. The molecule has 0 radical (unpaired) electrons. The summed E-state index contributed by atoms with van der Waals surface area (Å²) in [6.45, 7) is 0. The summed E-state index contributed by atoms with van der Waals surface area (Å²) in [6, 6.07) is 25.2. The van der Waals surface area contributed by atoms with Crippen molar-refractivity contribution in [3.63, 3.8) is 0 Å². The van der Waals surface area contributed by atoms with Gasteiger partial charge in [0, 0.05) is 0 Å². The second-order valence-electron chi connectivity index (χ2n) is 5.66. The van der Waals surface area contributed by atoms with Gasteiger partial charge in [-0.1, -0.05) is 0 Å². The third kappa shape index (κ3) is 1.60. The summed E-state index contributed by atoms with van der Waals surface area (Å²) >= 11 is -2.16. The molecule has 1 nitrogen and oxygen atoms in total. The Bertz CT molecular complexity index is 1010. The third-order valence-electron chi connectivity index (χ3n) is 4.39. The SMILES string of the molecule is O=[Se]1c2cc3ccccc3cc2-c2cc3ccccc3cc21. The minimum atomic E-state index is -2.16. The van der Waals surface area contributed by atoms with Crippen LogP contribution in [0.15, 0.2) is 72.8 Å². The molecule has 1 aliphatic rings. The number of rotatable bonds is 0. The van der Waals surface area contributed by atoms with E-state index >= 15 is 0 Å². The van der Waals surface area contributed by atoms with Gasteiger partial charge in [-0.15, -0.1) is 0 Å². The Morgan fingerprint density at radius 3 is 1.32 bits per heavy atom. The average molecular weight is 347 g/mol. The molecule has 0 N–H and O–H groups in total. The molecule has 104 valence electrons. The van der Waals surface area contributed by atoms with Crippen molar-refractivity contribution in [2.75, 3.05) is 0 Å². The zero-order chi connectivity index (χ0) is 14.7. The van der Waals surface area contributed by atoms with Gasteiger partial charge in [0.05, 0.1) is 0 Å². The molecule has 0 saturated heterocycles. The molecule has 1 heterocycles. The van der Waals surface area contributed by atoms with E-state index in [2.05, 4.69) is 60.7 Å². The molecular formula is C20H12OSe. The van der Waals surface area contributed by atoms with Crippen LogP contribution in [0.25, 0.3) is 32.7 Å². The average Bonchev–Trinajstić information content (AvgIpc) is 2.83. The van der Waals surface area contributed by atoms with E-state index in [-0.39, 0.29) is 0 Å². The summed E-state index contributed by atoms with van der Waals surface area (Å²) in [5.74, 6) is 0. The fraction of sp³-hybridized carbons (Fsp3) is 0. The van der Waals surface area contributed by atoms with Crippen LogP contribution in [-0.4, -0.2) is 13.8 Å². The van der Waals surface area contributed by atoms with E-state index in [9.17, 15) is 3.83 Å². The van der Waals surface area contributed by atoms with Crippen molar-refractivity contribution >= 4 is 44.3 Å². The summed E-state index contributed by atoms with van der Waals surface area (Å²) in [5, 5.41) is 4.76. The van der Waals surface area contributed by atoms with Crippen LogP contribution in [0.4, 0.5) is 0 Å². The second kappa shape index (κ2) is 4.36. The predicted octanol–water partition coefficient (Wildman–Crippen LogP) is 3.51. The maximum absolute atomic E-state index is 13.0.